The summed E-state index contributed by atoms with van der Waals surface area (Å²) >= 11 is 19.3. The summed E-state index contributed by atoms with van der Waals surface area (Å²) in [6.45, 7) is 2.18. The predicted octanol–water partition coefficient (Wildman–Crippen LogP) is 5.04. The van der Waals surface area contributed by atoms with Crippen molar-refractivity contribution >= 4 is 63.8 Å². The number of halogens is 3. The van der Waals surface area contributed by atoms with E-state index in [4.69, 9.17) is 44.3 Å². The van der Waals surface area contributed by atoms with Crippen molar-refractivity contribution in [1.82, 2.24) is 5.32 Å². The van der Waals surface area contributed by atoms with Gasteiger partial charge in [0.25, 0.3) is 0 Å². The second kappa shape index (κ2) is 6.75. The van der Waals surface area contributed by atoms with E-state index in [1.165, 1.54) is 0 Å². The lowest BCUT2D eigenvalue weighted by atomic mass is 9.98. The SMILES string of the molecule is CCNC(=O)OC1=C(c2sc(Cl)c(Cl)c2Cl)C(=O)OC12CCCC2. The molecule has 0 atom stereocenters. The van der Waals surface area contributed by atoms with Gasteiger partial charge in [0.05, 0.1) is 14.9 Å². The number of thiophene rings is 1. The first kappa shape index (κ1) is 17.9. The second-order valence-corrected chi connectivity index (χ2v) is 7.93. The van der Waals surface area contributed by atoms with Crippen LogP contribution in [0.25, 0.3) is 5.57 Å². The lowest BCUT2D eigenvalue weighted by molar-refractivity contribution is -0.146. The van der Waals surface area contributed by atoms with Crippen molar-refractivity contribution in [2.24, 2.45) is 0 Å². The first-order valence-electron chi connectivity index (χ1n) is 7.47. The number of carbonyl (C=O) groups excluding carboxylic acids is 2. The van der Waals surface area contributed by atoms with Crippen LogP contribution in [0.15, 0.2) is 5.76 Å². The minimum Gasteiger partial charge on any atom is -0.447 e. The van der Waals surface area contributed by atoms with E-state index in [0.29, 0.717) is 24.3 Å². The summed E-state index contributed by atoms with van der Waals surface area (Å²) in [4.78, 5) is 24.9. The van der Waals surface area contributed by atoms with Crippen LogP contribution in [0.1, 0.15) is 37.5 Å². The maximum atomic E-state index is 12.5. The van der Waals surface area contributed by atoms with Crippen LogP contribution in [0.4, 0.5) is 4.79 Å². The molecule has 0 unspecified atom stereocenters. The third-order valence-corrected chi connectivity index (χ3v) is 6.63. The Balaban J connectivity index is 2.13. The number of ether oxygens (including phenoxy) is 2. The monoisotopic (exact) mass is 409 g/mol. The van der Waals surface area contributed by atoms with Gasteiger partial charge in [-0.25, -0.2) is 9.59 Å². The van der Waals surface area contributed by atoms with E-state index in [1.807, 2.05) is 0 Å². The van der Waals surface area contributed by atoms with E-state index in [-0.39, 0.29) is 25.7 Å². The Morgan fingerprint density at radius 3 is 2.50 bits per heavy atom. The highest BCUT2D eigenvalue weighted by Crippen LogP contribution is 2.52. The summed E-state index contributed by atoms with van der Waals surface area (Å²) in [6.07, 6.45) is 2.31. The number of nitrogens with one attached hydrogen (secondary N) is 1. The van der Waals surface area contributed by atoms with Gasteiger partial charge in [-0.3, -0.25) is 0 Å². The van der Waals surface area contributed by atoms with Gasteiger partial charge in [-0.15, -0.1) is 11.3 Å². The number of carbonyl (C=O) groups is 2. The van der Waals surface area contributed by atoms with Gasteiger partial charge in [-0.2, -0.15) is 0 Å². The van der Waals surface area contributed by atoms with Gasteiger partial charge in [-0.1, -0.05) is 34.8 Å². The van der Waals surface area contributed by atoms with Crippen molar-refractivity contribution in [3.8, 4) is 0 Å². The lowest BCUT2D eigenvalue weighted by Gasteiger charge is -2.24. The first-order valence-corrected chi connectivity index (χ1v) is 9.42. The maximum absolute atomic E-state index is 12.5. The lowest BCUT2D eigenvalue weighted by Crippen LogP contribution is -2.33. The van der Waals surface area contributed by atoms with Crippen LogP contribution >= 0.6 is 46.1 Å². The summed E-state index contributed by atoms with van der Waals surface area (Å²) in [5.41, 5.74) is -0.781. The van der Waals surface area contributed by atoms with Gasteiger partial charge in [0.2, 0.25) is 0 Å². The molecule has 0 bridgehead atoms. The molecule has 1 aromatic rings. The largest absolute Gasteiger partial charge is 0.447 e. The molecule has 130 valence electrons. The molecule has 0 saturated heterocycles. The Kier molecular flexibility index (Phi) is 5.02. The van der Waals surface area contributed by atoms with Crippen molar-refractivity contribution in [3.05, 3.63) is 25.0 Å². The highest BCUT2D eigenvalue weighted by atomic mass is 35.5. The van der Waals surface area contributed by atoms with Gasteiger partial charge in [0, 0.05) is 6.54 Å². The second-order valence-electron chi connectivity index (χ2n) is 5.55. The van der Waals surface area contributed by atoms with Gasteiger partial charge in [0.15, 0.2) is 11.4 Å². The molecule has 1 saturated carbocycles. The number of hydrogen-bond acceptors (Lipinski definition) is 5. The molecular weight excluding hydrogens is 397 g/mol. The summed E-state index contributed by atoms with van der Waals surface area (Å²) in [5.74, 6) is -0.375. The van der Waals surface area contributed by atoms with Crippen LogP contribution in [0.5, 0.6) is 0 Å². The van der Waals surface area contributed by atoms with Crippen LogP contribution < -0.4 is 5.32 Å². The van der Waals surface area contributed by atoms with Crippen LogP contribution in [-0.4, -0.2) is 24.2 Å². The fourth-order valence-corrected chi connectivity index (χ4v) is 4.85. The average Bonchev–Trinajstić information content (AvgIpc) is 3.16. The zero-order chi connectivity index (χ0) is 17.5. The van der Waals surface area contributed by atoms with Crippen molar-refractivity contribution in [2.75, 3.05) is 6.54 Å². The third kappa shape index (κ3) is 2.90. The molecule has 1 amide bonds. The van der Waals surface area contributed by atoms with Crippen molar-refractivity contribution in [3.63, 3.8) is 0 Å². The number of rotatable bonds is 3. The molecule has 2 heterocycles. The molecule has 1 aliphatic heterocycles. The molecule has 1 fully saturated rings. The van der Waals surface area contributed by atoms with Crippen LogP contribution in [0.3, 0.4) is 0 Å². The molecule has 0 aromatic carbocycles. The van der Waals surface area contributed by atoms with E-state index < -0.39 is 17.7 Å². The summed E-state index contributed by atoms with van der Waals surface area (Å²) < 4.78 is 11.4. The predicted molar refractivity (Wildman–Crippen MR) is 93.7 cm³/mol. The van der Waals surface area contributed by atoms with Crippen molar-refractivity contribution in [1.29, 1.82) is 0 Å². The Morgan fingerprint density at radius 1 is 1.29 bits per heavy atom. The van der Waals surface area contributed by atoms with Gasteiger partial charge >= 0.3 is 12.1 Å². The molecule has 0 radical (unpaired) electrons. The summed E-state index contributed by atoms with van der Waals surface area (Å²) in [7, 11) is 0. The molecule has 1 aliphatic carbocycles. The quantitative estimate of drug-likeness (QED) is 0.709. The number of amides is 1. The third-order valence-electron chi connectivity index (χ3n) is 4.04. The van der Waals surface area contributed by atoms with Crippen molar-refractivity contribution < 1.29 is 19.1 Å². The van der Waals surface area contributed by atoms with Crippen molar-refractivity contribution in [2.45, 2.75) is 38.2 Å². The molecule has 9 heteroatoms. The van der Waals surface area contributed by atoms with E-state index in [0.717, 1.165) is 24.2 Å². The fourth-order valence-electron chi connectivity index (χ4n) is 3.01. The Hall–Kier alpha value is -0.950. The van der Waals surface area contributed by atoms with E-state index in [9.17, 15) is 9.59 Å². The highest BCUT2D eigenvalue weighted by Gasteiger charge is 2.53. The maximum Gasteiger partial charge on any atom is 0.412 e. The van der Waals surface area contributed by atoms with E-state index in [2.05, 4.69) is 5.32 Å². The molecule has 1 spiro atoms. The highest BCUT2D eigenvalue weighted by molar-refractivity contribution is 7.19. The van der Waals surface area contributed by atoms with E-state index in [1.54, 1.807) is 6.92 Å². The molecule has 24 heavy (non-hydrogen) atoms. The molecule has 5 nitrogen and oxygen atoms in total. The average molecular weight is 411 g/mol. The summed E-state index contributed by atoms with van der Waals surface area (Å²) in [6, 6.07) is 0. The van der Waals surface area contributed by atoms with Crippen LogP contribution in [0.2, 0.25) is 14.4 Å². The smallest absolute Gasteiger partial charge is 0.412 e. The summed E-state index contributed by atoms with van der Waals surface area (Å²) in [5, 5.41) is 2.88. The van der Waals surface area contributed by atoms with E-state index >= 15 is 0 Å². The zero-order valence-electron chi connectivity index (χ0n) is 12.7. The zero-order valence-corrected chi connectivity index (χ0v) is 15.8. The minimum atomic E-state index is -0.913. The van der Waals surface area contributed by atoms with Crippen LogP contribution in [-0.2, 0) is 14.3 Å². The topological polar surface area (TPSA) is 64.6 Å². The normalized spacial score (nSPS) is 19.1. The number of hydrogen-bond donors (Lipinski definition) is 1. The molecule has 2 aliphatic rings. The van der Waals surface area contributed by atoms with Crippen LogP contribution in [0, 0.1) is 0 Å². The molecular formula is C15H14Cl3NO4S. The minimum absolute atomic E-state index is 0.131. The van der Waals surface area contributed by atoms with Gasteiger partial charge < -0.3 is 14.8 Å². The van der Waals surface area contributed by atoms with Gasteiger partial charge in [0.1, 0.15) is 9.91 Å². The molecule has 1 N–H and O–H groups in total. The standard InChI is InChI=1S/C15H14Cl3NO4S/c1-2-19-14(21)22-11-7(10-8(16)9(17)12(18)24-10)13(20)23-15(11)5-3-4-6-15/h2-6H2,1H3,(H,19,21). The Morgan fingerprint density at radius 2 is 1.96 bits per heavy atom. The Bertz CT molecular complexity index is 737. The molecule has 3 rings (SSSR count). The molecule has 1 aromatic heterocycles. The number of esters is 1. The van der Waals surface area contributed by atoms with Gasteiger partial charge in [-0.05, 0) is 32.6 Å². The fraction of sp³-hybridized carbons (Fsp3) is 0.467. The Labute approximate surface area is 157 Å². The first-order chi connectivity index (χ1) is 11.4. The number of alkyl carbamates (subject to hydrolysis) is 1.